The zero-order valence-corrected chi connectivity index (χ0v) is 26.2. The van der Waals surface area contributed by atoms with Gasteiger partial charge in [-0.05, 0) is 61.4 Å². The number of ether oxygens (including phenoxy) is 1. The van der Waals surface area contributed by atoms with Gasteiger partial charge in [0.05, 0.1) is 32.1 Å². The summed E-state index contributed by atoms with van der Waals surface area (Å²) in [5.74, 6) is 0.948. The summed E-state index contributed by atoms with van der Waals surface area (Å²) < 4.78 is 34.5. The van der Waals surface area contributed by atoms with Crippen LogP contribution >= 0.6 is 11.6 Å². The van der Waals surface area contributed by atoms with Crippen LogP contribution in [0.15, 0.2) is 89.8 Å². The van der Waals surface area contributed by atoms with Gasteiger partial charge >= 0.3 is 0 Å². The summed E-state index contributed by atoms with van der Waals surface area (Å²) in [6.07, 6.45) is 4.50. The molecule has 226 valence electrons. The lowest BCUT2D eigenvalue weighted by atomic mass is 9.81. The SMILES string of the molecule is C[N+](C)(CC1CCC(CNC(=O)COCCN(Cc2ccccc2)S(=O)(=O)c2ccccc2)CC1)c1ccc(Cl)cc1. The molecule has 7 nitrogen and oxygen atoms in total. The Morgan fingerprint density at radius 3 is 2.14 bits per heavy atom. The van der Waals surface area contributed by atoms with E-state index in [0.29, 0.717) is 18.4 Å². The van der Waals surface area contributed by atoms with E-state index in [9.17, 15) is 13.2 Å². The summed E-state index contributed by atoms with van der Waals surface area (Å²) in [4.78, 5) is 12.7. The van der Waals surface area contributed by atoms with Gasteiger partial charge in [-0.25, -0.2) is 8.42 Å². The number of hydrogen-bond acceptors (Lipinski definition) is 4. The fourth-order valence-corrected chi connectivity index (χ4v) is 7.23. The standard InChI is InChI=1S/C33H42ClN3O4S/c1-37(2,31-19-17-30(34)18-20-31)25-29-15-13-27(14-16-29)23-35-33(38)26-41-22-21-36(24-28-9-5-3-6-10-28)42(39,40)32-11-7-4-8-12-32/h3-12,17-20,27,29H,13-16,21-26H2,1-2H3/p+1. The number of quaternary nitrogens is 1. The number of benzene rings is 3. The third-order valence-corrected chi connectivity index (χ3v) is 10.2. The Balaban J connectivity index is 1.18. The number of hydrogen-bond donors (Lipinski definition) is 1. The van der Waals surface area contributed by atoms with Crippen LogP contribution in [-0.4, -0.2) is 65.6 Å². The topological polar surface area (TPSA) is 75.7 Å². The lowest BCUT2D eigenvalue weighted by molar-refractivity contribution is -0.126. The van der Waals surface area contributed by atoms with Crippen LogP contribution in [0.5, 0.6) is 0 Å². The van der Waals surface area contributed by atoms with E-state index in [0.717, 1.165) is 47.3 Å². The number of sulfonamides is 1. The summed E-state index contributed by atoms with van der Waals surface area (Å²) in [5.41, 5.74) is 2.14. The molecule has 1 aliphatic rings. The average Bonchev–Trinajstić information content (AvgIpc) is 2.99. The van der Waals surface area contributed by atoms with Crippen LogP contribution < -0.4 is 9.80 Å². The molecule has 4 rings (SSSR count). The van der Waals surface area contributed by atoms with Crippen LogP contribution in [0.1, 0.15) is 31.2 Å². The van der Waals surface area contributed by atoms with Crippen molar-refractivity contribution in [1.29, 1.82) is 0 Å². The van der Waals surface area contributed by atoms with Gasteiger partial charge in [-0.1, -0.05) is 60.1 Å². The van der Waals surface area contributed by atoms with Gasteiger partial charge < -0.3 is 10.1 Å². The number of carbonyl (C=O) groups is 1. The molecule has 3 aromatic carbocycles. The minimum Gasteiger partial charge on any atom is -0.370 e. The van der Waals surface area contributed by atoms with Gasteiger partial charge in [-0.2, -0.15) is 4.31 Å². The molecule has 0 bridgehead atoms. The maximum Gasteiger partial charge on any atom is 0.246 e. The molecule has 1 saturated carbocycles. The van der Waals surface area contributed by atoms with Crippen LogP contribution in [0.3, 0.4) is 0 Å². The van der Waals surface area contributed by atoms with E-state index in [4.69, 9.17) is 16.3 Å². The summed E-state index contributed by atoms with van der Waals surface area (Å²) in [5, 5.41) is 3.78. The first kappa shape index (κ1) is 32.2. The molecule has 1 fully saturated rings. The number of amides is 1. The van der Waals surface area contributed by atoms with Crippen molar-refractivity contribution in [2.45, 2.75) is 37.1 Å². The quantitative estimate of drug-likeness (QED) is 0.186. The Bertz CT molecular complexity index is 1360. The summed E-state index contributed by atoms with van der Waals surface area (Å²) in [6, 6.07) is 26.0. The molecule has 0 heterocycles. The van der Waals surface area contributed by atoms with Crippen molar-refractivity contribution in [3.05, 3.63) is 95.5 Å². The molecule has 1 aliphatic carbocycles. The van der Waals surface area contributed by atoms with Crippen LogP contribution in [0.2, 0.25) is 5.02 Å². The molecule has 0 atom stereocenters. The van der Waals surface area contributed by atoms with Crippen LogP contribution in [0.25, 0.3) is 0 Å². The van der Waals surface area contributed by atoms with E-state index in [1.54, 1.807) is 30.3 Å². The predicted molar refractivity (Wildman–Crippen MR) is 170 cm³/mol. The lowest BCUT2D eigenvalue weighted by Gasteiger charge is -2.36. The van der Waals surface area contributed by atoms with E-state index in [-0.39, 0.29) is 37.1 Å². The maximum atomic E-state index is 13.3. The van der Waals surface area contributed by atoms with E-state index in [2.05, 4.69) is 31.5 Å². The highest BCUT2D eigenvalue weighted by molar-refractivity contribution is 7.89. The van der Waals surface area contributed by atoms with Gasteiger partial charge in [0.25, 0.3) is 0 Å². The predicted octanol–water partition coefficient (Wildman–Crippen LogP) is 5.74. The van der Waals surface area contributed by atoms with Crippen molar-refractivity contribution in [3.8, 4) is 0 Å². The monoisotopic (exact) mass is 612 g/mol. The highest BCUT2D eigenvalue weighted by Gasteiger charge is 2.29. The number of nitrogens with zero attached hydrogens (tertiary/aromatic N) is 2. The van der Waals surface area contributed by atoms with Crippen LogP contribution in [-0.2, 0) is 26.1 Å². The zero-order valence-electron chi connectivity index (χ0n) is 24.6. The first-order chi connectivity index (χ1) is 20.1. The smallest absolute Gasteiger partial charge is 0.246 e. The van der Waals surface area contributed by atoms with Crippen molar-refractivity contribution in [2.75, 3.05) is 46.9 Å². The van der Waals surface area contributed by atoms with E-state index in [1.165, 1.54) is 9.99 Å². The number of nitrogens with one attached hydrogen (secondary N) is 1. The molecule has 0 aromatic heterocycles. The van der Waals surface area contributed by atoms with E-state index >= 15 is 0 Å². The lowest BCUT2D eigenvalue weighted by Crippen LogP contribution is -2.45. The molecular weight excluding hydrogens is 570 g/mol. The van der Waals surface area contributed by atoms with Gasteiger partial charge in [0.2, 0.25) is 15.9 Å². The largest absolute Gasteiger partial charge is 0.370 e. The van der Waals surface area contributed by atoms with E-state index in [1.807, 2.05) is 42.5 Å². The second-order valence-electron chi connectivity index (χ2n) is 11.7. The summed E-state index contributed by atoms with van der Waals surface area (Å²) in [7, 11) is 0.775. The van der Waals surface area contributed by atoms with Crippen molar-refractivity contribution in [2.24, 2.45) is 11.8 Å². The van der Waals surface area contributed by atoms with Crippen LogP contribution in [0.4, 0.5) is 5.69 Å². The Kier molecular flexibility index (Phi) is 11.6. The average molecular weight is 613 g/mol. The molecule has 3 aromatic rings. The van der Waals surface area contributed by atoms with Gasteiger partial charge in [-0.3, -0.25) is 9.28 Å². The molecule has 0 saturated heterocycles. The summed E-state index contributed by atoms with van der Waals surface area (Å²) >= 11 is 6.07. The Hall–Kier alpha value is -2.75. The number of carbonyl (C=O) groups excluding carboxylic acids is 1. The first-order valence-electron chi connectivity index (χ1n) is 14.7. The number of halogens is 1. The minimum atomic E-state index is -3.71. The normalized spacial score (nSPS) is 17.7. The highest BCUT2D eigenvalue weighted by Crippen LogP contribution is 2.32. The van der Waals surface area contributed by atoms with Gasteiger partial charge in [0.15, 0.2) is 0 Å². The fourth-order valence-electron chi connectivity index (χ4n) is 5.67. The first-order valence-corrected chi connectivity index (χ1v) is 16.5. The molecular formula is C33H43ClN3O4S+. The highest BCUT2D eigenvalue weighted by atomic mass is 35.5. The molecule has 0 aliphatic heterocycles. The van der Waals surface area contributed by atoms with Gasteiger partial charge in [0, 0.05) is 42.7 Å². The van der Waals surface area contributed by atoms with Gasteiger partial charge in [0.1, 0.15) is 12.3 Å². The zero-order chi connectivity index (χ0) is 30.0. The minimum absolute atomic E-state index is 0.0906. The third kappa shape index (κ3) is 9.38. The summed E-state index contributed by atoms with van der Waals surface area (Å²) in [6.45, 7) is 2.13. The Morgan fingerprint density at radius 2 is 1.50 bits per heavy atom. The number of rotatable bonds is 14. The third-order valence-electron chi connectivity index (χ3n) is 8.10. The van der Waals surface area contributed by atoms with Crippen molar-refractivity contribution < 1.29 is 17.9 Å². The second kappa shape index (κ2) is 15.1. The molecule has 0 unspecified atom stereocenters. The molecule has 1 amide bonds. The Morgan fingerprint density at radius 1 is 0.905 bits per heavy atom. The molecule has 9 heteroatoms. The molecule has 0 spiro atoms. The van der Waals surface area contributed by atoms with Crippen LogP contribution in [0, 0.1) is 11.8 Å². The van der Waals surface area contributed by atoms with Crippen molar-refractivity contribution >= 4 is 33.2 Å². The maximum absolute atomic E-state index is 13.3. The fraction of sp³-hybridized carbons (Fsp3) is 0.424. The Labute approximate surface area is 256 Å². The molecule has 1 N–H and O–H groups in total. The second-order valence-corrected chi connectivity index (χ2v) is 14.1. The molecule has 42 heavy (non-hydrogen) atoms. The molecule has 0 radical (unpaired) electrons. The van der Waals surface area contributed by atoms with Crippen molar-refractivity contribution in [1.82, 2.24) is 14.1 Å². The van der Waals surface area contributed by atoms with Gasteiger partial charge in [-0.15, -0.1) is 0 Å². The van der Waals surface area contributed by atoms with E-state index < -0.39 is 10.0 Å². The van der Waals surface area contributed by atoms with Crippen molar-refractivity contribution in [3.63, 3.8) is 0 Å².